The van der Waals surface area contributed by atoms with Gasteiger partial charge < -0.3 is 14.6 Å². The van der Waals surface area contributed by atoms with Gasteiger partial charge in [0, 0.05) is 6.54 Å². The highest BCUT2D eigenvalue weighted by Crippen LogP contribution is 2.19. The molecule has 1 unspecified atom stereocenters. The van der Waals surface area contributed by atoms with E-state index in [1.165, 1.54) is 23.6 Å². The minimum Gasteiger partial charge on any atom is -0.449 e. The number of aryl methyl sites for hydroxylation is 2. The first kappa shape index (κ1) is 21.1. The van der Waals surface area contributed by atoms with E-state index in [9.17, 15) is 23.2 Å². The summed E-state index contributed by atoms with van der Waals surface area (Å²) < 4.78 is 34.0. The molecule has 9 heteroatoms. The summed E-state index contributed by atoms with van der Waals surface area (Å²) in [5, 5.41) is 2.08. The van der Waals surface area contributed by atoms with E-state index in [1.54, 1.807) is 13.0 Å². The lowest BCUT2D eigenvalue weighted by Gasteiger charge is -2.15. The highest BCUT2D eigenvalue weighted by atomic mass is 19.1. The van der Waals surface area contributed by atoms with Crippen molar-refractivity contribution in [3.8, 4) is 0 Å². The summed E-state index contributed by atoms with van der Waals surface area (Å²) in [6.45, 7) is 5.12. The average molecular weight is 415 g/mol. The van der Waals surface area contributed by atoms with Gasteiger partial charge in [-0.05, 0) is 51.1 Å². The van der Waals surface area contributed by atoms with E-state index in [-0.39, 0.29) is 16.8 Å². The average Bonchev–Trinajstić information content (AvgIpc) is 2.71. The summed E-state index contributed by atoms with van der Waals surface area (Å²) in [6.07, 6.45) is -1.31. The number of para-hydroxylation sites is 1. The maximum absolute atomic E-state index is 13.7. The van der Waals surface area contributed by atoms with E-state index in [4.69, 9.17) is 4.74 Å². The molecule has 2 aromatic carbocycles. The molecule has 3 rings (SSSR count). The number of benzene rings is 2. The number of ether oxygens (including phenoxy) is 1. The minimum absolute atomic E-state index is 0.118. The number of esters is 1. The number of carbonyl (C=O) groups excluding carboxylic acids is 2. The first-order valence-corrected chi connectivity index (χ1v) is 9.20. The molecule has 1 atom stereocenters. The van der Waals surface area contributed by atoms with Gasteiger partial charge in [-0.25, -0.2) is 18.6 Å². The molecule has 156 valence electrons. The largest absolute Gasteiger partial charge is 0.449 e. The fourth-order valence-corrected chi connectivity index (χ4v) is 2.94. The molecule has 1 aromatic heterocycles. The van der Waals surface area contributed by atoms with Crippen molar-refractivity contribution in [1.82, 2.24) is 9.55 Å². The zero-order valence-corrected chi connectivity index (χ0v) is 16.5. The molecule has 1 amide bonds. The Bertz CT molecular complexity index is 1190. The Morgan fingerprint density at radius 2 is 1.87 bits per heavy atom. The van der Waals surface area contributed by atoms with Crippen LogP contribution in [0.4, 0.5) is 14.5 Å². The second-order valence-electron chi connectivity index (χ2n) is 6.58. The SMILES string of the molecule is CCn1c(=O)c(C)nc2cc(C(=O)OC(C)C(=O)Nc3c(F)cccc3F)ccc21. The van der Waals surface area contributed by atoms with E-state index in [0.29, 0.717) is 17.6 Å². The fraction of sp³-hybridized carbons (Fsp3) is 0.238. The van der Waals surface area contributed by atoms with Gasteiger partial charge in [-0.2, -0.15) is 0 Å². The van der Waals surface area contributed by atoms with Crippen LogP contribution in [0.5, 0.6) is 0 Å². The van der Waals surface area contributed by atoms with Crippen molar-refractivity contribution in [2.45, 2.75) is 33.4 Å². The van der Waals surface area contributed by atoms with Crippen LogP contribution in [-0.2, 0) is 16.1 Å². The molecule has 0 aliphatic heterocycles. The van der Waals surface area contributed by atoms with Crippen LogP contribution in [0.25, 0.3) is 11.0 Å². The molecular weight excluding hydrogens is 396 g/mol. The quantitative estimate of drug-likeness (QED) is 0.647. The molecule has 1 N–H and O–H groups in total. The number of carbonyl (C=O) groups is 2. The van der Waals surface area contributed by atoms with Crippen molar-refractivity contribution >= 4 is 28.6 Å². The number of anilines is 1. The van der Waals surface area contributed by atoms with Gasteiger partial charge in [0.25, 0.3) is 11.5 Å². The number of aromatic nitrogens is 2. The molecule has 0 radical (unpaired) electrons. The van der Waals surface area contributed by atoms with Crippen LogP contribution >= 0.6 is 0 Å². The summed E-state index contributed by atoms with van der Waals surface area (Å²) in [6, 6.07) is 7.64. The van der Waals surface area contributed by atoms with Crippen molar-refractivity contribution in [3.05, 3.63) is 69.6 Å². The Morgan fingerprint density at radius 3 is 2.50 bits per heavy atom. The first-order chi connectivity index (χ1) is 14.2. The van der Waals surface area contributed by atoms with E-state index in [2.05, 4.69) is 10.3 Å². The number of nitrogens with one attached hydrogen (secondary N) is 1. The van der Waals surface area contributed by atoms with Crippen molar-refractivity contribution in [1.29, 1.82) is 0 Å². The molecule has 7 nitrogen and oxygen atoms in total. The van der Waals surface area contributed by atoms with Gasteiger partial charge in [0.1, 0.15) is 23.0 Å². The minimum atomic E-state index is -1.31. The second-order valence-corrected chi connectivity index (χ2v) is 6.58. The Kier molecular flexibility index (Phi) is 5.91. The van der Waals surface area contributed by atoms with Crippen molar-refractivity contribution in [3.63, 3.8) is 0 Å². The third kappa shape index (κ3) is 4.05. The van der Waals surface area contributed by atoms with Gasteiger partial charge in [-0.3, -0.25) is 9.59 Å². The fourth-order valence-electron chi connectivity index (χ4n) is 2.94. The second kappa shape index (κ2) is 8.40. The van der Waals surface area contributed by atoms with Gasteiger partial charge in [0.2, 0.25) is 0 Å². The number of halogens is 2. The van der Waals surface area contributed by atoms with Gasteiger partial charge in [0.15, 0.2) is 6.10 Å². The van der Waals surface area contributed by atoms with Crippen molar-refractivity contribution < 1.29 is 23.1 Å². The maximum Gasteiger partial charge on any atom is 0.338 e. The Balaban J connectivity index is 1.79. The van der Waals surface area contributed by atoms with E-state index in [1.807, 2.05) is 6.92 Å². The summed E-state index contributed by atoms with van der Waals surface area (Å²) >= 11 is 0. The van der Waals surface area contributed by atoms with Gasteiger partial charge in [0.05, 0.1) is 16.6 Å². The lowest BCUT2D eigenvalue weighted by Crippen LogP contribution is -2.30. The van der Waals surface area contributed by atoms with E-state index < -0.39 is 35.3 Å². The van der Waals surface area contributed by atoms with Crippen molar-refractivity contribution in [2.75, 3.05) is 5.32 Å². The highest BCUT2D eigenvalue weighted by molar-refractivity contribution is 5.98. The maximum atomic E-state index is 13.7. The number of hydrogen-bond donors (Lipinski definition) is 1. The Hall–Kier alpha value is -3.62. The smallest absolute Gasteiger partial charge is 0.338 e. The number of nitrogens with zero attached hydrogens (tertiary/aromatic N) is 2. The predicted octanol–water partition coefficient (Wildman–Crippen LogP) is 3.19. The first-order valence-electron chi connectivity index (χ1n) is 9.20. The summed E-state index contributed by atoms with van der Waals surface area (Å²) in [4.78, 5) is 41.0. The molecular formula is C21H19F2N3O4. The molecule has 3 aromatic rings. The number of fused-ring (bicyclic) bond motifs is 1. The van der Waals surface area contributed by atoms with E-state index >= 15 is 0 Å². The molecule has 0 spiro atoms. The summed E-state index contributed by atoms with van der Waals surface area (Å²) in [5.41, 5.74) is 0.556. The topological polar surface area (TPSA) is 90.3 Å². The third-order valence-electron chi connectivity index (χ3n) is 4.52. The third-order valence-corrected chi connectivity index (χ3v) is 4.52. The van der Waals surface area contributed by atoms with Crippen LogP contribution in [-0.4, -0.2) is 27.5 Å². The number of hydrogen-bond acceptors (Lipinski definition) is 5. The van der Waals surface area contributed by atoms with Crippen LogP contribution in [0.2, 0.25) is 0 Å². The normalized spacial score (nSPS) is 11.9. The molecule has 0 bridgehead atoms. The molecule has 0 fully saturated rings. The Labute approximate surface area is 170 Å². The number of rotatable bonds is 5. The zero-order valence-electron chi connectivity index (χ0n) is 16.5. The van der Waals surface area contributed by atoms with Gasteiger partial charge in [-0.1, -0.05) is 6.07 Å². The summed E-state index contributed by atoms with van der Waals surface area (Å²) in [5.74, 6) is -3.59. The van der Waals surface area contributed by atoms with Crippen LogP contribution in [0, 0.1) is 18.6 Å². The van der Waals surface area contributed by atoms with Crippen LogP contribution in [0.1, 0.15) is 29.9 Å². The lowest BCUT2D eigenvalue weighted by molar-refractivity contribution is -0.123. The molecule has 0 saturated carbocycles. The highest BCUT2D eigenvalue weighted by Gasteiger charge is 2.22. The number of amides is 1. The molecule has 0 saturated heterocycles. The van der Waals surface area contributed by atoms with E-state index in [0.717, 1.165) is 18.2 Å². The standard InChI is InChI=1S/C21H19F2N3O4/c1-4-26-17-9-8-13(10-16(17)24-11(2)20(26)28)21(29)30-12(3)19(27)25-18-14(22)6-5-7-15(18)23/h5-10,12H,4H2,1-3H3,(H,25,27). The van der Waals surface area contributed by atoms with Gasteiger partial charge in [-0.15, -0.1) is 0 Å². The molecule has 30 heavy (non-hydrogen) atoms. The van der Waals surface area contributed by atoms with Crippen LogP contribution < -0.4 is 10.9 Å². The zero-order chi connectivity index (χ0) is 22.0. The Morgan fingerprint density at radius 1 is 1.20 bits per heavy atom. The molecule has 0 aliphatic rings. The van der Waals surface area contributed by atoms with Gasteiger partial charge >= 0.3 is 5.97 Å². The van der Waals surface area contributed by atoms with Crippen LogP contribution in [0.15, 0.2) is 41.2 Å². The monoisotopic (exact) mass is 415 g/mol. The predicted molar refractivity (Wildman–Crippen MR) is 106 cm³/mol. The lowest BCUT2D eigenvalue weighted by atomic mass is 10.2. The molecule has 0 aliphatic carbocycles. The van der Waals surface area contributed by atoms with Crippen molar-refractivity contribution in [2.24, 2.45) is 0 Å². The summed E-state index contributed by atoms with van der Waals surface area (Å²) in [7, 11) is 0. The van der Waals surface area contributed by atoms with Crippen LogP contribution in [0.3, 0.4) is 0 Å². The molecule has 1 heterocycles.